The number of carbonyl (C=O) groups excluding carboxylic acids is 1. The van der Waals surface area contributed by atoms with Gasteiger partial charge in [0.25, 0.3) is 0 Å². The molecule has 2 rings (SSSR count). The van der Waals surface area contributed by atoms with E-state index in [2.05, 4.69) is 20.9 Å². The van der Waals surface area contributed by atoms with Crippen LogP contribution in [0.1, 0.15) is 10.4 Å². The molecule has 0 unspecified atom stereocenters. The first-order chi connectivity index (χ1) is 6.81. The molecule has 0 aromatic carbocycles. The first-order valence-corrected chi connectivity index (χ1v) is 5.62. The van der Waals surface area contributed by atoms with Crippen molar-refractivity contribution in [3.8, 4) is 10.4 Å². The molecule has 2 heterocycles. The predicted octanol–water partition coefficient (Wildman–Crippen LogP) is 3.39. The van der Waals surface area contributed by atoms with Crippen LogP contribution >= 0.6 is 27.3 Å². The maximum Gasteiger partial charge on any atom is 0.151 e. The molecular weight excluding hydrogens is 262 g/mol. The molecule has 0 atom stereocenters. The van der Waals surface area contributed by atoms with E-state index in [4.69, 9.17) is 0 Å². The molecule has 0 fully saturated rings. The number of thiophene rings is 1. The summed E-state index contributed by atoms with van der Waals surface area (Å²) in [5.41, 5.74) is 1.57. The maximum atomic E-state index is 10.6. The zero-order valence-electron chi connectivity index (χ0n) is 7.11. The Morgan fingerprint density at radius 1 is 1.43 bits per heavy atom. The monoisotopic (exact) mass is 267 g/mol. The first kappa shape index (κ1) is 9.55. The van der Waals surface area contributed by atoms with E-state index in [-0.39, 0.29) is 0 Å². The van der Waals surface area contributed by atoms with Gasteiger partial charge in [-0.05, 0) is 33.4 Å². The summed E-state index contributed by atoms with van der Waals surface area (Å²) in [5, 5.41) is 1.99. The Morgan fingerprint density at radius 2 is 2.29 bits per heavy atom. The van der Waals surface area contributed by atoms with Crippen LogP contribution in [0.2, 0.25) is 0 Å². The first-order valence-electron chi connectivity index (χ1n) is 3.95. The van der Waals surface area contributed by atoms with Gasteiger partial charge in [-0.3, -0.25) is 9.78 Å². The number of rotatable bonds is 2. The molecule has 0 bridgehead atoms. The van der Waals surface area contributed by atoms with Gasteiger partial charge in [0.05, 0.1) is 4.88 Å². The van der Waals surface area contributed by atoms with Crippen LogP contribution in [0.5, 0.6) is 0 Å². The molecule has 4 heteroatoms. The number of hydrogen-bond acceptors (Lipinski definition) is 3. The Bertz CT molecular complexity index is 467. The number of carbonyl (C=O) groups is 1. The molecule has 2 aromatic heterocycles. The van der Waals surface area contributed by atoms with Crippen LogP contribution in [-0.2, 0) is 0 Å². The van der Waals surface area contributed by atoms with E-state index in [1.165, 1.54) is 0 Å². The Balaban J connectivity index is 2.52. The van der Waals surface area contributed by atoms with Gasteiger partial charge in [0.15, 0.2) is 6.29 Å². The Labute approximate surface area is 93.7 Å². The number of aromatic nitrogens is 1. The lowest BCUT2D eigenvalue weighted by molar-refractivity contribution is 0.112. The van der Waals surface area contributed by atoms with E-state index in [1.54, 1.807) is 23.7 Å². The third-order valence-corrected chi connectivity index (χ3v) is 3.66. The number of halogens is 1. The average Bonchev–Trinajstić information content (AvgIpc) is 2.65. The zero-order chi connectivity index (χ0) is 9.97. The second kappa shape index (κ2) is 4.02. The van der Waals surface area contributed by atoms with Gasteiger partial charge in [-0.1, -0.05) is 0 Å². The summed E-state index contributed by atoms with van der Waals surface area (Å²) in [6.07, 6.45) is 4.11. The van der Waals surface area contributed by atoms with Crippen molar-refractivity contribution < 1.29 is 4.79 Å². The van der Waals surface area contributed by atoms with Crippen LogP contribution < -0.4 is 0 Å². The quantitative estimate of drug-likeness (QED) is 0.781. The fraction of sp³-hybridized carbons (Fsp3) is 0. The van der Waals surface area contributed by atoms with Gasteiger partial charge in [-0.2, -0.15) is 0 Å². The molecule has 0 amide bonds. The smallest absolute Gasteiger partial charge is 0.151 e. The Hall–Kier alpha value is -1.00. The molecule has 0 saturated heterocycles. The zero-order valence-corrected chi connectivity index (χ0v) is 9.51. The lowest BCUT2D eigenvalue weighted by atomic mass is 10.2. The fourth-order valence-electron chi connectivity index (χ4n) is 1.15. The summed E-state index contributed by atoms with van der Waals surface area (Å²) in [6, 6.07) is 3.81. The van der Waals surface area contributed by atoms with E-state index in [1.807, 2.05) is 17.5 Å². The normalized spacial score (nSPS) is 10.1. The molecule has 0 spiro atoms. The topological polar surface area (TPSA) is 30.0 Å². The average molecular weight is 268 g/mol. The van der Waals surface area contributed by atoms with Crippen LogP contribution in [0.4, 0.5) is 0 Å². The molecule has 0 saturated carbocycles. The summed E-state index contributed by atoms with van der Waals surface area (Å²) in [5.74, 6) is 0. The summed E-state index contributed by atoms with van der Waals surface area (Å²) in [6.45, 7) is 0. The highest BCUT2D eigenvalue weighted by Gasteiger charge is 2.05. The highest BCUT2D eigenvalue weighted by molar-refractivity contribution is 9.10. The van der Waals surface area contributed by atoms with E-state index in [0.29, 0.717) is 5.56 Å². The number of pyridine rings is 1. The largest absolute Gasteiger partial charge is 0.298 e. The lowest BCUT2D eigenvalue weighted by Crippen LogP contribution is -1.83. The molecular formula is C10H6BrNOS. The highest BCUT2D eigenvalue weighted by Crippen LogP contribution is 2.33. The molecule has 2 nitrogen and oxygen atoms in total. The highest BCUT2D eigenvalue weighted by atomic mass is 79.9. The number of hydrogen-bond donors (Lipinski definition) is 0. The van der Waals surface area contributed by atoms with Crippen molar-refractivity contribution in [1.82, 2.24) is 4.98 Å². The van der Waals surface area contributed by atoms with Crippen molar-refractivity contribution in [1.29, 1.82) is 0 Å². The van der Waals surface area contributed by atoms with Crippen molar-refractivity contribution in [3.63, 3.8) is 0 Å². The molecule has 0 radical (unpaired) electrons. The van der Waals surface area contributed by atoms with Gasteiger partial charge >= 0.3 is 0 Å². The lowest BCUT2D eigenvalue weighted by Gasteiger charge is -1.98. The van der Waals surface area contributed by atoms with Gasteiger partial charge in [0.2, 0.25) is 0 Å². The molecule has 70 valence electrons. The molecule has 0 aliphatic rings. The van der Waals surface area contributed by atoms with E-state index >= 15 is 0 Å². The summed E-state index contributed by atoms with van der Waals surface area (Å²) in [7, 11) is 0. The summed E-state index contributed by atoms with van der Waals surface area (Å²) < 4.78 is 1.03. The van der Waals surface area contributed by atoms with Crippen molar-refractivity contribution in [2.45, 2.75) is 0 Å². The molecule has 0 aliphatic heterocycles. The molecule has 0 N–H and O–H groups in total. The van der Waals surface area contributed by atoms with Crippen molar-refractivity contribution in [2.75, 3.05) is 0 Å². The second-order valence-corrected chi connectivity index (χ2v) is 4.49. The van der Waals surface area contributed by atoms with E-state index < -0.39 is 0 Å². The molecule has 0 aliphatic carbocycles. The van der Waals surface area contributed by atoms with Crippen LogP contribution in [0.3, 0.4) is 0 Å². The standard InChI is InChI=1S/C10H6BrNOS/c11-9-1-2-14-10(9)8-3-7(6-13)4-12-5-8/h1-6H. The van der Waals surface area contributed by atoms with Gasteiger partial charge in [0, 0.05) is 28.0 Å². The number of nitrogens with zero attached hydrogens (tertiary/aromatic N) is 1. The second-order valence-electron chi connectivity index (χ2n) is 2.72. The number of aldehydes is 1. The van der Waals surface area contributed by atoms with Gasteiger partial charge < -0.3 is 0 Å². The summed E-state index contributed by atoms with van der Waals surface area (Å²) >= 11 is 5.06. The molecule has 14 heavy (non-hydrogen) atoms. The van der Waals surface area contributed by atoms with Gasteiger partial charge in [-0.25, -0.2) is 0 Å². The third-order valence-electron chi connectivity index (χ3n) is 1.77. The minimum Gasteiger partial charge on any atom is -0.298 e. The minimum atomic E-state index is 0.600. The van der Waals surface area contributed by atoms with E-state index in [0.717, 1.165) is 21.2 Å². The van der Waals surface area contributed by atoms with Gasteiger partial charge in [-0.15, -0.1) is 11.3 Å². The van der Waals surface area contributed by atoms with E-state index in [9.17, 15) is 4.79 Å². The van der Waals surface area contributed by atoms with Crippen molar-refractivity contribution in [2.24, 2.45) is 0 Å². The molecule has 2 aromatic rings. The SMILES string of the molecule is O=Cc1cncc(-c2sccc2Br)c1. The van der Waals surface area contributed by atoms with Crippen LogP contribution in [-0.4, -0.2) is 11.3 Å². The van der Waals surface area contributed by atoms with Crippen LogP contribution in [0.15, 0.2) is 34.4 Å². The summed E-state index contributed by atoms with van der Waals surface area (Å²) in [4.78, 5) is 15.7. The Kier molecular flexibility index (Phi) is 2.74. The van der Waals surface area contributed by atoms with Crippen LogP contribution in [0, 0.1) is 0 Å². The minimum absolute atomic E-state index is 0.600. The van der Waals surface area contributed by atoms with Crippen molar-refractivity contribution >= 4 is 33.6 Å². The van der Waals surface area contributed by atoms with Crippen molar-refractivity contribution in [3.05, 3.63) is 39.9 Å². The predicted molar refractivity (Wildman–Crippen MR) is 60.6 cm³/mol. The maximum absolute atomic E-state index is 10.6. The Morgan fingerprint density at radius 3 is 2.93 bits per heavy atom. The third kappa shape index (κ3) is 1.76. The van der Waals surface area contributed by atoms with Crippen LogP contribution in [0.25, 0.3) is 10.4 Å². The fourth-order valence-corrected chi connectivity index (χ4v) is 2.73. The van der Waals surface area contributed by atoms with Gasteiger partial charge in [0.1, 0.15) is 0 Å².